The van der Waals surface area contributed by atoms with Crippen molar-refractivity contribution in [3.8, 4) is 11.5 Å². The van der Waals surface area contributed by atoms with E-state index in [9.17, 15) is 4.79 Å². The van der Waals surface area contributed by atoms with E-state index in [2.05, 4.69) is 9.98 Å². The molecule has 0 fully saturated rings. The zero-order valence-corrected chi connectivity index (χ0v) is 12.3. The highest BCUT2D eigenvalue weighted by Crippen LogP contribution is 2.28. The smallest absolute Gasteiger partial charge is 0.344 e. The first kappa shape index (κ1) is 15.5. The maximum absolute atomic E-state index is 10.8. The second kappa shape index (κ2) is 7.21. The largest absolute Gasteiger partial charge is 0.493 e. The SMILES string of the molecule is COc1cc(C=Nc2cccnc2)ccc1O[C@H](C)C(=O)O. The fourth-order valence-corrected chi connectivity index (χ4v) is 1.68. The van der Waals surface area contributed by atoms with Gasteiger partial charge in [-0.05, 0) is 42.8 Å². The van der Waals surface area contributed by atoms with Crippen LogP contribution in [-0.2, 0) is 4.79 Å². The summed E-state index contributed by atoms with van der Waals surface area (Å²) < 4.78 is 10.6. The first-order valence-electron chi connectivity index (χ1n) is 6.61. The van der Waals surface area contributed by atoms with Crippen LogP contribution in [0.2, 0.25) is 0 Å². The number of carboxylic acids is 1. The zero-order chi connectivity index (χ0) is 15.9. The number of aromatic nitrogens is 1. The van der Waals surface area contributed by atoms with Crippen LogP contribution < -0.4 is 9.47 Å². The minimum atomic E-state index is -1.04. The van der Waals surface area contributed by atoms with Crippen molar-refractivity contribution >= 4 is 17.9 Å². The van der Waals surface area contributed by atoms with Gasteiger partial charge in [-0.1, -0.05) is 0 Å². The number of benzene rings is 1. The molecule has 0 aliphatic heterocycles. The highest BCUT2D eigenvalue weighted by molar-refractivity contribution is 5.83. The average molecular weight is 300 g/mol. The highest BCUT2D eigenvalue weighted by Gasteiger charge is 2.15. The maximum Gasteiger partial charge on any atom is 0.344 e. The number of aliphatic imine (C=N–C) groups is 1. The van der Waals surface area contributed by atoms with E-state index in [4.69, 9.17) is 14.6 Å². The summed E-state index contributed by atoms with van der Waals surface area (Å²) in [6, 6.07) is 8.79. The number of hydrogen-bond acceptors (Lipinski definition) is 5. The van der Waals surface area contributed by atoms with Gasteiger partial charge in [0.05, 0.1) is 19.0 Å². The molecular weight excluding hydrogens is 284 g/mol. The Morgan fingerprint density at radius 2 is 2.18 bits per heavy atom. The maximum atomic E-state index is 10.8. The van der Waals surface area contributed by atoms with Crippen LogP contribution in [0.1, 0.15) is 12.5 Å². The summed E-state index contributed by atoms with van der Waals surface area (Å²) in [5, 5.41) is 8.88. The molecule has 0 radical (unpaired) electrons. The summed E-state index contributed by atoms with van der Waals surface area (Å²) in [5.41, 5.74) is 1.54. The number of hydrogen-bond donors (Lipinski definition) is 1. The average Bonchev–Trinajstić information content (AvgIpc) is 2.54. The minimum Gasteiger partial charge on any atom is -0.493 e. The van der Waals surface area contributed by atoms with Gasteiger partial charge in [0.15, 0.2) is 17.6 Å². The van der Waals surface area contributed by atoms with Crippen molar-refractivity contribution in [1.82, 2.24) is 4.98 Å². The molecule has 0 saturated carbocycles. The Kier molecular flexibility index (Phi) is 5.08. The number of aliphatic carboxylic acids is 1. The number of pyridine rings is 1. The van der Waals surface area contributed by atoms with Crippen molar-refractivity contribution in [2.24, 2.45) is 4.99 Å². The zero-order valence-electron chi connectivity index (χ0n) is 12.3. The fourth-order valence-electron chi connectivity index (χ4n) is 1.68. The minimum absolute atomic E-state index is 0.371. The summed E-state index contributed by atoms with van der Waals surface area (Å²) in [6.45, 7) is 1.46. The Bertz CT molecular complexity index is 671. The summed E-state index contributed by atoms with van der Waals surface area (Å²) in [6.07, 6.45) is 4.05. The molecule has 22 heavy (non-hydrogen) atoms. The fraction of sp³-hybridized carbons (Fsp3) is 0.188. The van der Waals surface area contributed by atoms with Crippen LogP contribution in [0, 0.1) is 0 Å². The molecule has 0 saturated heterocycles. The lowest BCUT2D eigenvalue weighted by molar-refractivity contribution is -0.144. The molecule has 1 N–H and O–H groups in total. The van der Waals surface area contributed by atoms with E-state index in [-0.39, 0.29) is 0 Å². The van der Waals surface area contributed by atoms with E-state index in [1.54, 1.807) is 42.9 Å². The first-order chi connectivity index (χ1) is 10.6. The molecule has 2 aromatic rings. The normalized spacial score (nSPS) is 12.1. The third kappa shape index (κ3) is 4.05. The molecule has 6 nitrogen and oxygen atoms in total. The van der Waals surface area contributed by atoms with Gasteiger partial charge in [0.25, 0.3) is 0 Å². The van der Waals surface area contributed by atoms with Crippen molar-refractivity contribution in [1.29, 1.82) is 0 Å². The standard InChI is InChI=1S/C16H16N2O4/c1-11(16(19)20)22-14-6-5-12(8-15(14)21-2)9-18-13-4-3-7-17-10-13/h3-11H,1-2H3,(H,19,20)/t11-/m1/s1. The Balaban J connectivity index is 2.18. The van der Waals surface area contributed by atoms with Gasteiger partial charge in [-0.2, -0.15) is 0 Å². The third-order valence-corrected chi connectivity index (χ3v) is 2.85. The van der Waals surface area contributed by atoms with Crippen LogP contribution in [0.15, 0.2) is 47.7 Å². The van der Waals surface area contributed by atoms with Gasteiger partial charge >= 0.3 is 5.97 Å². The van der Waals surface area contributed by atoms with E-state index >= 15 is 0 Å². The summed E-state index contributed by atoms with van der Waals surface area (Å²) >= 11 is 0. The predicted molar refractivity (Wildman–Crippen MR) is 82.2 cm³/mol. The van der Waals surface area contributed by atoms with Crippen molar-refractivity contribution in [3.05, 3.63) is 48.3 Å². The number of carboxylic acid groups (broad SMARTS) is 1. The van der Waals surface area contributed by atoms with Gasteiger partial charge in [-0.15, -0.1) is 0 Å². The van der Waals surface area contributed by atoms with E-state index in [0.29, 0.717) is 11.5 Å². The van der Waals surface area contributed by atoms with Crippen LogP contribution in [0.5, 0.6) is 11.5 Å². The molecule has 0 unspecified atom stereocenters. The molecule has 1 aromatic carbocycles. The van der Waals surface area contributed by atoms with E-state index in [1.807, 2.05) is 6.07 Å². The molecule has 1 atom stereocenters. The monoisotopic (exact) mass is 300 g/mol. The number of rotatable bonds is 6. The van der Waals surface area contributed by atoms with Crippen LogP contribution in [0.4, 0.5) is 5.69 Å². The molecule has 0 amide bonds. The highest BCUT2D eigenvalue weighted by atomic mass is 16.5. The molecular formula is C16H16N2O4. The lowest BCUT2D eigenvalue weighted by Crippen LogP contribution is -2.23. The first-order valence-corrected chi connectivity index (χ1v) is 6.61. The molecule has 1 heterocycles. The molecule has 0 bridgehead atoms. The lowest BCUT2D eigenvalue weighted by atomic mass is 10.2. The molecule has 0 aliphatic carbocycles. The summed E-state index contributed by atoms with van der Waals surface area (Å²) in [4.78, 5) is 19.1. The van der Waals surface area contributed by atoms with Crippen molar-refractivity contribution in [2.45, 2.75) is 13.0 Å². The van der Waals surface area contributed by atoms with Crippen LogP contribution in [0.3, 0.4) is 0 Å². The van der Waals surface area contributed by atoms with Gasteiger partial charge in [0, 0.05) is 12.4 Å². The Hall–Kier alpha value is -2.89. The second-order valence-corrected chi connectivity index (χ2v) is 4.48. The Labute approximate surface area is 128 Å². The molecule has 6 heteroatoms. The summed E-state index contributed by atoms with van der Waals surface area (Å²) in [7, 11) is 1.50. The van der Waals surface area contributed by atoms with Crippen molar-refractivity contribution < 1.29 is 19.4 Å². The van der Waals surface area contributed by atoms with Gasteiger partial charge < -0.3 is 14.6 Å². The number of methoxy groups -OCH3 is 1. The van der Waals surface area contributed by atoms with Crippen LogP contribution >= 0.6 is 0 Å². The van der Waals surface area contributed by atoms with E-state index in [0.717, 1.165) is 11.3 Å². The van der Waals surface area contributed by atoms with Crippen LogP contribution in [0.25, 0.3) is 0 Å². The Morgan fingerprint density at radius 3 is 2.82 bits per heavy atom. The third-order valence-electron chi connectivity index (χ3n) is 2.85. The van der Waals surface area contributed by atoms with Gasteiger partial charge in [-0.3, -0.25) is 9.98 Å². The van der Waals surface area contributed by atoms with Crippen LogP contribution in [-0.4, -0.2) is 35.5 Å². The second-order valence-electron chi connectivity index (χ2n) is 4.48. The predicted octanol–water partition coefficient (Wildman–Crippen LogP) is 2.69. The number of ether oxygens (including phenoxy) is 2. The van der Waals surface area contributed by atoms with E-state index in [1.165, 1.54) is 14.0 Å². The molecule has 114 valence electrons. The number of nitrogens with zero attached hydrogens (tertiary/aromatic N) is 2. The quantitative estimate of drug-likeness (QED) is 0.829. The van der Waals surface area contributed by atoms with Gasteiger partial charge in [0.1, 0.15) is 0 Å². The van der Waals surface area contributed by atoms with Gasteiger partial charge in [-0.25, -0.2) is 4.79 Å². The number of carbonyl (C=O) groups is 1. The van der Waals surface area contributed by atoms with Gasteiger partial charge in [0.2, 0.25) is 0 Å². The Morgan fingerprint density at radius 1 is 1.36 bits per heavy atom. The molecule has 0 spiro atoms. The topological polar surface area (TPSA) is 81.0 Å². The lowest BCUT2D eigenvalue weighted by Gasteiger charge is -2.13. The molecule has 1 aromatic heterocycles. The molecule has 0 aliphatic rings. The van der Waals surface area contributed by atoms with Crippen molar-refractivity contribution in [2.75, 3.05) is 7.11 Å². The molecule has 2 rings (SSSR count). The van der Waals surface area contributed by atoms with E-state index < -0.39 is 12.1 Å². The van der Waals surface area contributed by atoms with Crippen molar-refractivity contribution in [3.63, 3.8) is 0 Å². The summed E-state index contributed by atoms with van der Waals surface area (Å²) in [5.74, 6) is -0.219.